The van der Waals surface area contributed by atoms with Crippen molar-refractivity contribution in [3.05, 3.63) is 63.7 Å². The number of ether oxygens (including phenoxy) is 1. The number of anilines is 1. The van der Waals surface area contributed by atoms with Crippen molar-refractivity contribution < 1.29 is 27.7 Å². The molecule has 2 aromatic rings. The highest BCUT2D eigenvalue weighted by Crippen LogP contribution is 2.34. The number of methoxy groups -OCH3 is 1. The normalized spacial score (nSPS) is 14.8. The van der Waals surface area contributed by atoms with Gasteiger partial charge in [-0.3, -0.25) is 24.0 Å². The molecule has 2 amide bonds. The lowest BCUT2D eigenvalue weighted by Crippen LogP contribution is -2.53. The van der Waals surface area contributed by atoms with Crippen LogP contribution in [-0.4, -0.2) is 62.0 Å². The first kappa shape index (κ1) is 29.9. The molecule has 212 valence electrons. The van der Waals surface area contributed by atoms with Crippen LogP contribution in [0, 0.1) is 17.0 Å². The van der Waals surface area contributed by atoms with Crippen molar-refractivity contribution in [3.8, 4) is 5.75 Å². The highest BCUT2D eigenvalue weighted by atomic mass is 32.2. The van der Waals surface area contributed by atoms with Crippen LogP contribution in [0.1, 0.15) is 50.2 Å². The lowest BCUT2D eigenvalue weighted by Gasteiger charge is -2.33. The lowest BCUT2D eigenvalue weighted by molar-refractivity contribution is -0.384. The number of benzene rings is 2. The third-order valence-electron chi connectivity index (χ3n) is 7.04. The van der Waals surface area contributed by atoms with Gasteiger partial charge in [0.2, 0.25) is 21.8 Å². The van der Waals surface area contributed by atoms with Gasteiger partial charge in [0, 0.05) is 24.7 Å². The van der Waals surface area contributed by atoms with E-state index >= 15 is 0 Å². The zero-order valence-corrected chi connectivity index (χ0v) is 23.6. The largest absolute Gasteiger partial charge is 0.495 e. The minimum Gasteiger partial charge on any atom is -0.495 e. The Kier molecular flexibility index (Phi) is 9.90. The Bertz CT molecular complexity index is 1310. The molecule has 0 heterocycles. The number of carbonyl (C=O) groups excluding carboxylic acids is 2. The number of aryl methyl sites for hydroxylation is 1. The summed E-state index contributed by atoms with van der Waals surface area (Å²) in [5.41, 5.74) is 1.22. The standard InChI is InChI=1S/C27H36N4O7S/c1-19-10-8-9-11-21(19)17-29(20(2)27(33)28-22-12-6-5-7-13-22)26(32)18-30(39(4,36)37)24-16-23(31(34)35)14-15-25(24)38-3/h8-11,14-16,20,22H,5-7,12-13,17-18H2,1-4H3,(H,28,33). The fourth-order valence-electron chi connectivity index (χ4n) is 4.70. The van der Waals surface area contributed by atoms with Crippen molar-refractivity contribution in [1.29, 1.82) is 0 Å². The Labute approximate surface area is 229 Å². The van der Waals surface area contributed by atoms with Crippen LogP contribution in [-0.2, 0) is 26.2 Å². The molecular formula is C27H36N4O7S. The van der Waals surface area contributed by atoms with Crippen molar-refractivity contribution in [2.75, 3.05) is 24.2 Å². The van der Waals surface area contributed by atoms with Gasteiger partial charge in [-0.1, -0.05) is 43.5 Å². The van der Waals surface area contributed by atoms with Gasteiger partial charge in [-0.2, -0.15) is 0 Å². The average molecular weight is 561 g/mol. The average Bonchev–Trinajstić information content (AvgIpc) is 2.90. The first-order valence-electron chi connectivity index (χ1n) is 12.9. The molecule has 39 heavy (non-hydrogen) atoms. The Morgan fingerprint density at radius 3 is 2.41 bits per heavy atom. The van der Waals surface area contributed by atoms with E-state index < -0.39 is 33.4 Å². The summed E-state index contributed by atoms with van der Waals surface area (Å²) < 4.78 is 31.8. The molecule has 1 aliphatic carbocycles. The van der Waals surface area contributed by atoms with Crippen LogP contribution in [0.15, 0.2) is 42.5 Å². The molecule has 1 fully saturated rings. The van der Waals surface area contributed by atoms with Gasteiger partial charge in [0.25, 0.3) is 5.69 Å². The van der Waals surface area contributed by atoms with Gasteiger partial charge in [0.05, 0.1) is 18.3 Å². The molecule has 1 unspecified atom stereocenters. The minimum absolute atomic E-state index is 0.0331. The Morgan fingerprint density at radius 1 is 1.15 bits per heavy atom. The predicted molar refractivity (Wildman–Crippen MR) is 148 cm³/mol. The van der Waals surface area contributed by atoms with Gasteiger partial charge in [0.1, 0.15) is 24.0 Å². The molecule has 0 aliphatic heterocycles. The molecule has 1 aliphatic rings. The van der Waals surface area contributed by atoms with E-state index in [1.54, 1.807) is 6.92 Å². The molecule has 11 nitrogen and oxygen atoms in total. The number of nitro groups is 1. The fraction of sp³-hybridized carbons (Fsp3) is 0.481. The van der Waals surface area contributed by atoms with Crippen LogP contribution in [0.25, 0.3) is 0 Å². The van der Waals surface area contributed by atoms with Gasteiger partial charge < -0.3 is 15.0 Å². The van der Waals surface area contributed by atoms with E-state index in [9.17, 15) is 28.1 Å². The quantitative estimate of drug-likeness (QED) is 0.328. The number of rotatable bonds is 11. The first-order chi connectivity index (χ1) is 18.4. The van der Waals surface area contributed by atoms with Gasteiger partial charge in [-0.05, 0) is 43.9 Å². The molecule has 3 rings (SSSR count). The summed E-state index contributed by atoms with van der Waals surface area (Å²) in [7, 11) is -2.79. The van der Waals surface area contributed by atoms with Crippen LogP contribution in [0.5, 0.6) is 5.75 Å². The molecule has 12 heteroatoms. The summed E-state index contributed by atoms with van der Waals surface area (Å²) in [5, 5.41) is 14.4. The fourth-order valence-corrected chi connectivity index (χ4v) is 5.55. The van der Waals surface area contributed by atoms with E-state index in [0.29, 0.717) is 0 Å². The molecule has 0 aromatic heterocycles. The first-order valence-corrected chi connectivity index (χ1v) is 14.7. The molecule has 0 spiro atoms. The predicted octanol–water partition coefficient (Wildman–Crippen LogP) is 3.54. The number of non-ortho nitro benzene ring substituents is 1. The van der Waals surface area contributed by atoms with Gasteiger partial charge in [-0.15, -0.1) is 0 Å². The van der Waals surface area contributed by atoms with Gasteiger partial charge in [0.15, 0.2) is 0 Å². The third-order valence-corrected chi connectivity index (χ3v) is 8.17. The van der Waals surface area contributed by atoms with Gasteiger partial charge in [-0.25, -0.2) is 8.42 Å². The highest BCUT2D eigenvalue weighted by Gasteiger charge is 2.33. The van der Waals surface area contributed by atoms with Crippen LogP contribution >= 0.6 is 0 Å². The maximum atomic E-state index is 13.8. The zero-order valence-electron chi connectivity index (χ0n) is 22.8. The number of nitrogens with one attached hydrogen (secondary N) is 1. The van der Waals surface area contributed by atoms with Crippen molar-refractivity contribution in [2.45, 2.75) is 64.6 Å². The Hall–Kier alpha value is -3.67. The summed E-state index contributed by atoms with van der Waals surface area (Å²) in [6, 6.07) is 10.1. The highest BCUT2D eigenvalue weighted by molar-refractivity contribution is 7.92. The second-order valence-corrected chi connectivity index (χ2v) is 11.8. The molecule has 2 aromatic carbocycles. The molecule has 1 N–H and O–H groups in total. The van der Waals surface area contributed by atoms with Gasteiger partial charge >= 0.3 is 0 Å². The molecule has 0 bridgehead atoms. The van der Waals surface area contributed by atoms with Crippen LogP contribution in [0.2, 0.25) is 0 Å². The van der Waals surface area contributed by atoms with E-state index in [2.05, 4.69) is 5.32 Å². The molecule has 0 radical (unpaired) electrons. The summed E-state index contributed by atoms with van der Waals surface area (Å²) >= 11 is 0. The summed E-state index contributed by atoms with van der Waals surface area (Å²) in [6.45, 7) is 2.91. The van der Waals surface area contributed by atoms with E-state index in [1.165, 1.54) is 24.1 Å². The number of nitro benzene ring substituents is 1. The number of hydrogen-bond acceptors (Lipinski definition) is 7. The third kappa shape index (κ3) is 7.69. The van der Waals surface area contributed by atoms with E-state index in [4.69, 9.17) is 4.74 Å². The van der Waals surface area contributed by atoms with Crippen molar-refractivity contribution >= 4 is 33.2 Å². The maximum absolute atomic E-state index is 13.8. The van der Waals surface area contributed by atoms with E-state index in [-0.39, 0.29) is 35.6 Å². The Morgan fingerprint density at radius 2 is 1.82 bits per heavy atom. The second-order valence-electron chi connectivity index (χ2n) is 9.85. The van der Waals surface area contributed by atoms with Crippen LogP contribution in [0.3, 0.4) is 0 Å². The Balaban J connectivity index is 1.97. The second kappa shape index (κ2) is 12.9. The monoisotopic (exact) mass is 560 g/mol. The summed E-state index contributed by atoms with van der Waals surface area (Å²) in [4.78, 5) is 39.2. The molecule has 0 saturated heterocycles. The SMILES string of the molecule is COc1ccc([N+](=O)[O-])cc1N(CC(=O)N(Cc1ccccc1C)C(C)C(=O)NC1CCCCC1)S(C)(=O)=O. The lowest BCUT2D eigenvalue weighted by atomic mass is 9.95. The molecule has 1 saturated carbocycles. The van der Waals surface area contributed by atoms with Crippen molar-refractivity contribution in [3.63, 3.8) is 0 Å². The van der Waals surface area contributed by atoms with E-state index in [0.717, 1.165) is 59.9 Å². The number of nitrogens with zero attached hydrogens (tertiary/aromatic N) is 3. The number of carbonyl (C=O) groups is 2. The number of hydrogen-bond donors (Lipinski definition) is 1. The van der Waals surface area contributed by atoms with Crippen LogP contribution < -0.4 is 14.4 Å². The molecule has 1 atom stereocenters. The smallest absolute Gasteiger partial charge is 0.271 e. The minimum atomic E-state index is -4.09. The van der Waals surface area contributed by atoms with Crippen molar-refractivity contribution in [1.82, 2.24) is 10.2 Å². The zero-order chi connectivity index (χ0) is 28.7. The number of amides is 2. The topological polar surface area (TPSA) is 139 Å². The number of sulfonamides is 1. The van der Waals surface area contributed by atoms with Crippen LogP contribution in [0.4, 0.5) is 11.4 Å². The molecular weight excluding hydrogens is 524 g/mol. The summed E-state index contributed by atoms with van der Waals surface area (Å²) in [5.74, 6) is -0.904. The van der Waals surface area contributed by atoms with E-state index in [1.807, 2.05) is 31.2 Å². The van der Waals surface area contributed by atoms with Crippen molar-refractivity contribution in [2.24, 2.45) is 0 Å². The maximum Gasteiger partial charge on any atom is 0.271 e. The summed E-state index contributed by atoms with van der Waals surface area (Å²) in [6.07, 6.45) is 5.84.